The number of carbonyl (C=O) groups is 1. The number of amides is 1. The summed E-state index contributed by atoms with van der Waals surface area (Å²) < 4.78 is 28.2. The number of hydrogen-bond acceptors (Lipinski definition) is 4. The fraction of sp³-hybridized carbons (Fsp3) is 0.550. The van der Waals surface area contributed by atoms with E-state index in [9.17, 15) is 13.2 Å². The lowest BCUT2D eigenvalue weighted by molar-refractivity contribution is 0.0720. The molecule has 0 aromatic heterocycles. The molecule has 0 saturated carbocycles. The van der Waals surface area contributed by atoms with Crippen LogP contribution in [0, 0.1) is 0 Å². The van der Waals surface area contributed by atoms with Crippen LogP contribution in [0.25, 0.3) is 0 Å². The van der Waals surface area contributed by atoms with E-state index in [1.165, 1.54) is 18.2 Å². The van der Waals surface area contributed by atoms with Gasteiger partial charge in [0.2, 0.25) is 10.0 Å². The van der Waals surface area contributed by atoms with Gasteiger partial charge in [-0.05, 0) is 69.4 Å². The van der Waals surface area contributed by atoms with Crippen molar-refractivity contribution in [3.05, 3.63) is 35.4 Å². The average molecular weight is 409 g/mol. The number of sulfonamides is 1. The molecule has 1 amide bonds. The standard InChI is InChI=1S/C20H28N2O3S2/c1-26-19-11-10-17(14-18(19)20(23)22-12-6-3-7-13-22)27(24,25)21-15-16-8-4-2-5-9-16/h8,10-11,14,21H,2-7,9,12-13,15H2,1H3. The zero-order valence-electron chi connectivity index (χ0n) is 15.9. The first-order valence-corrected chi connectivity index (χ1v) is 12.4. The summed E-state index contributed by atoms with van der Waals surface area (Å²) in [4.78, 5) is 15.8. The number of piperidine rings is 1. The van der Waals surface area contributed by atoms with Gasteiger partial charge in [-0.1, -0.05) is 11.6 Å². The van der Waals surface area contributed by atoms with E-state index in [4.69, 9.17) is 0 Å². The van der Waals surface area contributed by atoms with Gasteiger partial charge in [0.25, 0.3) is 5.91 Å². The smallest absolute Gasteiger partial charge is 0.255 e. The molecule has 1 aromatic carbocycles. The number of rotatable bonds is 6. The van der Waals surface area contributed by atoms with E-state index in [0.29, 0.717) is 12.1 Å². The highest BCUT2D eigenvalue weighted by Gasteiger charge is 2.24. The third-order valence-corrected chi connectivity index (χ3v) is 7.42. The molecule has 1 aliphatic heterocycles. The van der Waals surface area contributed by atoms with Crippen molar-refractivity contribution >= 4 is 27.7 Å². The topological polar surface area (TPSA) is 66.5 Å². The summed E-state index contributed by atoms with van der Waals surface area (Å²) in [6.45, 7) is 1.84. The molecular weight excluding hydrogens is 380 g/mol. The first-order chi connectivity index (χ1) is 13.0. The molecule has 5 nitrogen and oxygen atoms in total. The highest BCUT2D eigenvalue weighted by molar-refractivity contribution is 7.98. The Hall–Kier alpha value is -1.31. The Labute approximate surface area is 166 Å². The molecule has 1 heterocycles. The third-order valence-electron chi connectivity index (χ3n) is 5.23. The van der Waals surface area contributed by atoms with Crippen LogP contribution in [0.5, 0.6) is 0 Å². The minimum absolute atomic E-state index is 0.0638. The monoisotopic (exact) mass is 408 g/mol. The van der Waals surface area contributed by atoms with Gasteiger partial charge in [0.1, 0.15) is 0 Å². The van der Waals surface area contributed by atoms with Crippen molar-refractivity contribution in [2.45, 2.75) is 54.7 Å². The molecule has 0 spiro atoms. The van der Waals surface area contributed by atoms with E-state index in [-0.39, 0.29) is 10.8 Å². The molecule has 1 aliphatic carbocycles. The summed E-state index contributed by atoms with van der Waals surface area (Å²) in [7, 11) is -3.64. The molecule has 7 heteroatoms. The quantitative estimate of drug-likeness (QED) is 0.574. The second kappa shape index (κ2) is 9.26. The third kappa shape index (κ3) is 5.15. The Kier molecular flexibility index (Phi) is 7.00. The van der Waals surface area contributed by atoms with Gasteiger partial charge in [-0.25, -0.2) is 13.1 Å². The number of carbonyl (C=O) groups excluding carboxylic acids is 1. The molecule has 0 bridgehead atoms. The van der Waals surface area contributed by atoms with Crippen LogP contribution in [0.1, 0.15) is 55.3 Å². The zero-order chi connectivity index (χ0) is 19.3. The first-order valence-electron chi connectivity index (χ1n) is 9.66. The van der Waals surface area contributed by atoms with Crippen molar-refractivity contribution < 1.29 is 13.2 Å². The minimum Gasteiger partial charge on any atom is -0.339 e. The molecule has 1 aromatic rings. The van der Waals surface area contributed by atoms with Crippen LogP contribution >= 0.6 is 11.8 Å². The summed E-state index contributed by atoms with van der Waals surface area (Å²) in [6.07, 6.45) is 11.5. The predicted octanol–water partition coefficient (Wildman–Crippen LogP) is 3.81. The van der Waals surface area contributed by atoms with Gasteiger partial charge in [-0.15, -0.1) is 11.8 Å². The van der Waals surface area contributed by atoms with Gasteiger partial charge in [-0.2, -0.15) is 0 Å². The van der Waals surface area contributed by atoms with Crippen molar-refractivity contribution in [1.82, 2.24) is 9.62 Å². The summed E-state index contributed by atoms with van der Waals surface area (Å²) in [5.74, 6) is -0.0638. The number of nitrogens with zero attached hydrogens (tertiary/aromatic N) is 1. The van der Waals surface area contributed by atoms with Crippen molar-refractivity contribution in [3.63, 3.8) is 0 Å². The van der Waals surface area contributed by atoms with Crippen LogP contribution in [0.4, 0.5) is 0 Å². The van der Waals surface area contributed by atoms with Gasteiger partial charge in [0, 0.05) is 24.5 Å². The maximum Gasteiger partial charge on any atom is 0.255 e. The summed E-state index contributed by atoms with van der Waals surface area (Å²) in [5, 5.41) is 0. The molecule has 148 valence electrons. The van der Waals surface area contributed by atoms with Crippen LogP contribution in [0.2, 0.25) is 0 Å². The van der Waals surface area contributed by atoms with Crippen LogP contribution in [0.3, 0.4) is 0 Å². The number of hydrogen-bond donors (Lipinski definition) is 1. The fourth-order valence-corrected chi connectivity index (χ4v) is 5.26. The number of likely N-dealkylation sites (tertiary alicyclic amines) is 1. The second-order valence-electron chi connectivity index (χ2n) is 7.15. The summed E-state index contributed by atoms with van der Waals surface area (Å²) in [6, 6.07) is 4.88. The molecule has 1 N–H and O–H groups in total. The van der Waals surface area contributed by atoms with E-state index in [0.717, 1.165) is 62.1 Å². The lowest BCUT2D eigenvalue weighted by Gasteiger charge is -2.27. The highest BCUT2D eigenvalue weighted by Crippen LogP contribution is 2.26. The van der Waals surface area contributed by atoms with E-state index >= 15 is 0 Å². The van der Waals surface area contributed by atoms with Gasteiger partial charge in [0.15, 0.2) is 0 Å². The molecule has 3 rings (SSSR count). The average Bonchev–Trinajstić information content (AvgIpc) is 2.72. The van der Waals surface area contributed by atoms with E-state index < -0.39 is 10.0 Å². The van der Waals surface area contributed by atoms with Gasteiger partial charge in [0.05, 0.1) is 10.5 Å². The molecule has 2 aliphatic rings. The van der Waals surface area contributed by atoms with Crippen LogP contribution in [-0.2, 0) is 10.0 Å². The number of benzene rings is 1. The molecule has 1 fully saturated rings. The van der Waals surface area contributed by atoms with E-state index in [2.05, 4.69) is 10.8 Å². The van der Waals surface area contributed by atoms with Gasteiger partial charge >= 0.3 is 0 Å². The SMILES string of the molecule is CSc1ccc(S(=O)(=O)NCC2=CCCCC2)cc1C(=O)N1CCCCC1. The largest absolute Gasteiger partial charge is 0.339 e. The molecule has 1 saturated heterocycles. The minimum atomic E-state index is -3.64. The number of nitrogens with one attached hydrogen (secondary N) is 1. The Bertz CT molecular complexity index is 813. The molecule has 0 radical (unpaired) electrons. The first kappa shape index (κ1) is 20.4. The van der Waals surface area contributed by atoms with E-state index in [1.54, 1.807) is 18.2 Å². The Morgan fingerprint density at radius 1 is 1.15 bits per heavy atom. The highest BCUT2D eigenvalue weighted by atomic mass is 32.2. The number of thioether (sulfide) groups is 1. The van der Waals surface area contributed by atoms with Crippen LogP contribution < -0.4 is 4.72 Å². The number of allylic oxidation sites excluding steroid dienone is 1. The normalized spacial score (nSPS) is 18.3. The maximum atomic E-state index is 13.0. The van der Waals surface area contributed by atoms with Crippen molar-refractivity contribution in [1.29, 1.82) is 0 Å². The fourth-order valence-electron chi connectivity index (χ4n) is 3.62. The predicted molar refractivity (Wildman–Crippen MR) is 110 cm³/mol. The van der Waals surface area contributed by atoms with Crippen molar-refractivity contribution in [2.24, 2.45) is 0 Å². The Morgan fingerprint density at radius 2 is 1.93 bits per heavy atom. The van der Waals surface area contributed by atoms with Crippen LogP contribution in [0.15, 0.2) is 39.6 Å². The molecule has 0 atom stereocenters. The lowest BCUT2D eigenvalue weighted by atomic mass is 10.0. The molecule has 27 heavy (non-hydrogen) atoms. The Balaban J connectivity index is 1.80. The Morgan fingerprint density at radius 3 is 2.59 bits per heavy atom. The molecule has 0 unspecified atom stereocenters. The second-order valence-corrected chi connectivity index (χ2v) is 9.76. The lowest BCUT2D eigenvalue weighted by Crippen LogP contribution is -2.36. The van der Waals surface area contributed by atoms with Gasteiger partial charge in [-0.3, -0.25) is 4.79 Å². The summed E-state index contributed by atoms with van der Waals surface area (Å²) >= 11 is 1.47. The maximum absolute atomic E-state index is 13.0. The van der Waals surface area contributed by atoms with Gasteiger partial charge < -0.3 is 4.90 Å². The van der Waals surface area contributed by atoms with Crippen molar-refractivity contribution in [2.75, 3.05) is 25.9 Å². The van der Waals surface area contributed by atoms with Crippen LogP contribution in [-0.4, -0.2) is 45.1 Å². The zero-order valence-corrected chi connectivity index (χ0v) is 17.5. The van der Waals surface area contributed by atoms with Crippen molar-refractivity contribution in [3.8, 4) is 0 Å². The van der Waals surface area contributed by atoms with E-state index in [1.807, 2.05) is 11.2 Å². The summed E-state index contributed by atoms with van der Waals surface area (Å²) in [5.41, 5.74) is 1.64. The molecular formula is C20H28N2O3S2.